The van der Waals surface area contributed by atoms with E-state index in [-0.39, 0.29) is 22.4 Å². The molecule has 0 bridgehead atoms. The van der Waals surface area contributed by atoms with E-state index in [1.54, 1.807) is 19.1 Å². The molecule has 3 rings (SSSR count). The van der Waals surface area contributed by atoms with Crippen LogP contribution in [0.2, 0.25) is 0 Å². The number of esters is 1. The number of carbonyl (C=O) groups excluding carboxylic acids is 3. The first-order chi connectivity index (χ1) is 14.1. The van der Waals surface area contributed by atoms with Crippen LogP contribution < -0.4 is 4.74 Å². The highest BCUT2D eigenvalue weighted by atomic mass is 16.6. The number of hydrogen-bond acceptors (Lipinski definition) is 8. The molecule has 0 saturated heterocycles. The lowest BCUT2D eigenvalue weighted by molar-refractivity contribution is -0.145. The number of rotatable bonds is 4. The zero-order valence-corrected chi connectivity index (χ0v) is 16.8. The first-order valence-corrected chi connectivity index (χ1v) is 8.99. The van der Waals surface area contributed by atoms with E-state index in [1.165, 1.54) is 39.4 Å². The van der Waals surface area contributed by atoms with Crippen molar-refractivity contribution in [2.24, 2.45) is 0 Å². The number of ether oxygens (including phenoxy) is 3. The highest BCUT2D eigenvalue weighted by molar-refractivity contribution is 6.26. The minimum Gasteiger partial charge on any atom is -0.504 e. The molecular weight excluding hydrogens is 392 g/mol. The minimum atomic E-state index is -2.13. The number of benzene rings is 1. The van der Waals surface area contributed by atoms with Crippen molar-refractivity contribution >= 4 is 17.5 Å². The molecule has 0 radical (unpaired) electrons. The molecular formula is C22H20O8. The Morgan fingerprint density at radius 1 is 1.23 bits per heavy atom. The SMILES string of the molecule is CC=CC1=CC2=CC(=O)[C@](C)(OC(=O)c3c(OC)cc(O)c(O)c3C)C(=O)C2=CO1. The smallest absolute Gasteiger partial charge is 0.343 e. The van der Waals surface area contributed by atoms with Crippen LogP contribution in [0.25, 0.3) is 0 Å². The highest BCUT2D eigenvalue weighted by Crippen LogP contribution is 2.39. The summed E-state index contributed by atoms with van der Waals surface area (Å²) in [4.78, 5) is 38.7. The molecule has 1 aliphatic heterocycles. The van der Waals surface area contributed by atoms with Gasteiger partial charge < -0.3 is 24.4 Å². The number of ketones is 2. The molecule has 1 aliphatic carbocycles. The van der Waals surface area contributed by atoms with Crippen LogP contribution >= 0.6 is 0 Å². The van der Waals surface area contributed by atoms with Gasteiger partial charge in [0.15, 0.2) is 11.5 Å². The fourth-order valence-electron chi connectivity index (χ4n) is 3.17. The lowest BCUT2D eigenvalue weighted by Gasteiger charge is -2.31. The van der Waals surface area contributed by atoms with Gasteiger partial charge in [0, 0.05) is 11.6 Å². The standard InChI is InChI=1S/C22H20O8/c1-5-6-13-7-12-8-17(24)22(3,20(26)14(12)10-29-13)30-21(27)18-11(2)19(25)15(23)9-16(18)28-4/h5-10,23,25H,1-4H3/t22-/m0/s1. The van der Waals surface area contributed by atoms with Gasteiger partial charge in [-0.05, 0) is 44.6 Å². The Hall–Kier alpha value is -3.81. The first-order valence-electron chi connectivity index (χ1n) is 8.99. The second kappa shape index (κ2) is 7.55. The van der Waals surface area contributed by atoms with Gasteiger partial charge in [-0.15, -0.1) is 0 Å². The summed E-state index contributed by atoms with van der Waals surface area (Å²) in [5.74, 6) is -3.18. The molecule has 0 unspecified atom stereocenters. The van der Waals surface area contributed by atoms with E-state index in [0.29, 0.717) is 11.3 Å². The Balaban J connectivity index is 2.00. The number of phenols is 2. The maximum Gasteiger partial charge on any atom is 0.343 e. The van der Waals surface area contributed by atoms with Crippen molar-refractivity contribution in [3.63, 3.8) is 0 Å². The molecule has 2 aliphatic rings. The third-order valence-corrected chi connectivity index (χ3v) is 4.90. The van der Waals surface area contributed by atoms with Crippen molar-refractivity contribution in [3.05, 3.63) is 64.7 Å². The van der Waals surface area contributed by atoms with Crippen molar-refractivity contribution in [1.29, 1.82) is 0 Å². The average Bonchev–Trinajstić information content (AvgIpc) is 2.70. The fourth-order valence-corrected chi connectivity index (χ4v) is 3.17. The lowest BCUT2D eigenvalue weighted by atomic mass is 9.80. The van der Waals surface area contributed by atoms with Crippen molar-refractivity contribution < 1.29 is 38.8 Å². The molecule has 0 spiro atoms. The van der Waals surface area contributed by atoms with E-state index in [1.807, 2.05) is 0 Å². The number of aromatic hydroxyl groups is 2. The van der Waals surface area contributed by atoms with E-state index in [9.17, 15) is 24.6 Å². The predicted octanol–water partition coefficient (Wildman–Crippen LogP) is 2.78. The Bertz CT molecular complexity index is 1090. The fraction of sp³-hybridized carbons (Fsp3) is 0.227. The normalized spacial score (nSPS) is 20.7. The summed E-state index contributed by atoms with van der Waals surface area (Å²) in [7, 11) is 1.26. The third kappa shape index (κ3) is 3.26. The van der Waals surface area contributed by atoms with Crippen LogP contribution in [-0.4, -0.2) is 40.5 Å². The molecule has 1 atom stereocenters. The molecule has 2 N–H and O–H groups in total. The van der Waals surface area contributed by atoms with Gasteiger partial charge in [-0.1, -0.05) is 6.08 Å². The van der Waals surface area contributed by atoms with Gasteiger partial charge in [0.2, 0.25) is 17.2 Å². The first kappa shape index (κ1) is 20.9. The predicted molar refractivity (Wildman–Crippen MR) is 105 cm³/mol. The topological polar surface area (TPSA) is 119 Å². The molecule has 0 amide bonds. The van der Waals surface area contributed by atoms with Crippen LogP contribution in [0.15, 0.2) is 53.5 Å². The van der Waals surface area contributed by atoms with Gasteiger partial charge in [-0.25, -0.2) is 4.79 Å². The highest BCUT2D eigenvalue weighted by Gasteiger charge is 2.50. The Kier molecular flexibility index (Phi) is 5.26. The quantitative estimate of drug-likeness (QED) is 0.440. The van der Waals surface area contributed by atoms with Gasteiger partial charge in [0.05, 0.1) is 12.7 Å². The monoisotopic (exact) mass is 412 g/mol. The number of phenolic OH excluding ortho intramolecular Hbond substituents is 2. The largest absolute Gasteiger partial charge is 0.504 e. The van der Waals surface area contributed by atoms with Crippen molar-refractivity contribution in [2.45, 2.75) is 26.4 Å². The number of fused-ring (bicyclic) bond motifs is 1. The van der Waals surface area contributed by atoms with E-state index >= 15 is 0 Å². The van der Waals surface area contributed by atoms with E-state index in [4.69, 9.17) is 14.2 Å². The molecule has 0 fully saturated rings. The molecule has 1 aromatic rings. The second-order valence-electron chi connectivity index (χ2n) is 6.86. The summed E-state index contributed by atoms with van der Waals surface area (Å²) in [5, 5.41) is 19.7. The molecule has 156 valence electrons. The molecule has 1 aromatic carbocycles. The zero-order chi connectivity index (χ0) is 22.2. The minimum absolute atomic E-state index is 0.0217. The average molecular weight is 412 g/mol. The van der Waals surface area contributed by atoms with Crippen LogP contribution in [0.4, 0.5) is 0 Å². The number of Topliss-reactive ketones (excluding diaryl/α,β-unsaturated/α-hetero) is 1. The molecule has 8 nitrogen and oxygen atoms in total. The molecule has 0 saturated carbocycles. The Labute approximate surface area is 172 Å². The zero-order valence-electron chi connectivity index (χ0n) is 16.8. The van der Waals surface area contributed by atoms with Crippen LogP contribution in [-0.2, 0) is 19.1 Å². The number of carbonyl (C=O) groups is 3. The summed E-state index contributed by atoms with van der Waals surface area (Å²) in [6.45, 7) is 4.35. The van der Waals surface area contributed by atoms with Crippen LogP contribution in [0.5, 0.6) is 17.2 Å². The van der Waals surface area contributed by atoms with E-state index in [2.05, 4.69) is 0 Å². The molecule has 1 heterocycles. The van der Waals surface area contributed by atoms with Crippen LogP contribution in [0.1, 0.15) is 29.8 Å². The van der Waals surface area contributed by atoms with E-state index < -0.39 is 34.6 Å². The lowest BCUT2D eigenvalue weighted by Crippen LogP contribution is -2.50. The summed E-state index contributed by atoms with van der Waals surface area (Å²) >= 11 is 0. The molecule has 0 aromatic heterocycles. The van der Waals surface area contributed by atoms with E-state index in [0.717, 1.165) is 6.07 Å². The van der Waals surface area contributed by atoms with Gasteiger partial charge >= 0.3 is 5.97 Å². The Morgan fingerprint density at radius 3 is 2.57 bits per heavy atom. The van der Waals surface area contributed by atoms with Crippen LogP contribution in [0.3, 0.4) is 0 Å². The molecule has 8 heteroatoms. The summed E-state index contributed by atoms with van der Waals surface area (Å²) in [6, 6.07) is 1.04. The van der Waals surface area contributed by atoms with Crippen LogP contribution in [0, 0.1) is 6.92 Å². The van der Waals surface area contributed by atoms with Gasteiger partial charge in [-0.2, -0.15) is 0 Å². The van der Waals surface area contributed by atoms with Gasteiger partial charge in [0.1, 0.15) is 23.3 Å². The second-order valence-corrected chi connectivity index (χ2v) is 6.86. The van der Waals surface area contributed by atoms with Gasteiger partial charge in [0.25, 0.3) is 0 Å². The summed E-state index contributed by atoms with van der Waals surface area (Å²) in [5.41, 5.74) is -1.92. The molecule has 30 heavy (non-hydrogen) atoms. The van der Waals surface area contributed by atoms with Crippen molar-refractivity contribution in [2.75, 3.05) is 7.11 Å². The number of allylic oxidation sites excluding steroid dienone is 4. The summed E-state index contributed by atoms with van der Waals surface area (Å²) in [6.07, 6.45) is 7.37. The third-order valence-electron chi connectivity index (χ3n) is 4.90. The van der Waals surface area contributed by atoms with Crippen molar-refractivity contribution in [3.8, 4) is 17.2 Å². The summed E-state index contributed by atoms with van der Waals surface area (Å²) < 4.78 is 15.8. The maximum absolute atomic E-state index is 13.0. The maximum atomic E-state index is 13.0. The van der Waals surface area contributed by atoms with Crippen molar-refractivity contribution in [1.82, 2.24) is 0 Å². The number of hydrogen-bond donors (Lipinski definition) is 2. The Morgan fingerprint density at radius 2 is 1.93 bits per heavy atom. The van der Waals surface area contributed by atoms with Gasteiger partial charge in [-0.3, -0.25) is 9.59 Å². The number of methoxy groups -OCH3 is 1.